The number of piperazine rings is 1. The van der Waals surface area contributed by atoms with Gasteiger partial charge in [0.15, 0.2) is 0 Å². The number of amides is 2. The molecular formula is C15H21N3O2S. The minimum atomic E-state index is -0.706. The first-order valence-electron chi connectivity index (χ1n) is 7.46. The zero-order chi connectivity index (χ0) is 15.2. The molecule has 2 unspecified atom stereocenters. The lowest BCUT2D eigenvalue weighted by atomic mass is 9.89. The molecule has 21 heavy (non-hydrogen) atoms. The molecular weight excluding hydrogens is 286 g/mol. The van der Waals surface area contributed by atoms with Crippen LogP contribution in [0.1, 0.15) is 37.4 Å². The zero-order valence-electron chi connectivity index (χ0n) is 12.7. The van der Waals surface area contributed by atoms with Crippen molar-refractivity contribution < 1.29 is 9.59 Å². The summed E-state index contributed by atoms with van der Waals surface area (Å²) in [5.74, 6) is 0.316. The van der Waals surface area contributed by atoms with E-state index >= 15 is 0 Å². The van der Waals surface area contributed by atoms with Gasteiger partial charge in [0.25, 0.3) is 0 Å². The average Bonchev–Trinajstić information content (AvgIpc) is 3.21. The van der Waals surface area contributed by atoms with Crippen molar-refractivity contribution in [3.8, 4) is 0 Å². The number of aryl methyl sites for hydroxylation is 1. The molecule has 1 saturated heterocycles. The highest BCUT2D eigenvalue weighted by Gasteiger charge is 2.54. The first kappa shape index (κ1) is 14.5. The number of nitrogens with zero attached hydrogens (tertiary/aromatic N) is 2. The summed E-state index contributed by atoms with van der Waals surface area (Å²) in [6.07, 6.45) is 2.76. The van der Waals surface area contributed by atoms with Crippen molar-refractivity contribution in [2.24, 2.45) is 5.92 Å². The molecule has 1 aliphatic heterocycles. The molecule has 2 atom stereocenters. The maximum atomic E-state index is 12.8. The quantitative estimate of drug-likeness (QED) is 0.917. The fourth-order valence-corrected chi connectivity index (χ4v) is 3.76. The van der Waals surface area contributed by atoms with Gasteiger partial charge in [-0.25, -0.2) is 4.98 Å². The van der Waals surface area contributed by atoms with Crippen LogP contribution in [-0.4, -0.2) is 39.8 Å². The van der Waals surface area contributed by atoms with Gasteiger partial charge in [-0.1, -0.05) is 0 Å². The summed E-state index contributed by atoms with van der Waals surface area (Å²) < 4.78 is 0. The fraction of sp³-hybridized carbons (Fsp3) is 0.667. The lowest BCUT2D eigenvalue weighted by Crippen LogP contribution is -2.69. The third kappa shape index (κ3) is 2.57. The summed E-state index contributed by atoms with van der Waals surface area (Å²) in [4.78, 5) is 31.2. The van der Waals surface area contributed by atoms with Gasteiger partial charge in [0, 0.05) is 24.0 Å². The van der Waals surface area contributed by atoms with Crippen molar-refractivity contribution in [3.05, 3.63) is 16.1 Å². The number of aromatic nitrogens is 1. The van der Waals surface area contributed by atoms with Gasteiger partial charge >= 0.3 is 0 Å². The SMILES string of the molecule is Cc1csc(CCN2C(=O)C(C)(C3CC3)NC(=O)C2C)n1. The minimum absolute atomic E-state index is 0.0423. The van der Waals surface area contributed by atoms with Crippen LogP contribution < -0.4 is 5.32 Å². The summed E-state index contributed by atoms with van der Waals surface area (Å²) in [6, 6.07) is -0.398. The zero-order valence-corrected chi connectivity index (χ0v) is 13.5. The van der Waals surface area contributed by atoms with Crippen molar-refractivity contribution in [1.29, 1.82) is 0 Å². The summed E-state index contributed by atoms with van der Waals surface area (Å²) in [7, 11) is 0. The number of nitrogens with one attached hydrogen (secondary N) is 1. The normalized spacial score (nSPS) is 29.7. The second-order valence-corrected chi connectivity index (χ2v) is 7.22. The van der Waals surface area contributed by atoms with Crippen LogP contribution in [0.3, 0.4) is 0 Å². The van der Waals surface area contributed by atoms with E-state index in [2.05, 4.69) is 10.3 Å². The first-order valence-corrected chi connectivity index (χ1v) is 8.34. The Labute approximate surface area is 128 Å². The topological polar surface area (TPSA) is 62.3 Å². The molecule has 114 valence electrons. The van der Waals surface area contributed by atoms with Crippen LogP contribution in [0.2, 0.25) is 0 Å². The Bertz CT molecular complexity index is 581. The summed E-state index contributed by atoms with van der Waals surface area (Å²) in [5.41, 5.74) is 0.302. The van der Waals surface area contributed by atoms with Crippen LogP contribution in [0, 0.1) is 12.8 Å². The van der Waals surface area contributed by atoms with Crippen molar-refractivity contribution in [3.63, 3.8) is 0 Å². The summed E-state index contributed by atoms with van der Waals surface area (Å²) in [5, 5.41) is 5.98. The molecule has 6 heteroatoms. The van der Waals surface area contributed by atoms with Gasteiger partial charge in [0.2, 0.25) is 11.8 Å². The molecule has 0 spiro atoms. The van der Waals surface area contributed by atoms with Crippen LogP contribution in [0.25, 0.3) is 0 Å². The van der Waals surface area contributed by atoms with E-state index < -0.39 is 11.6 Å². The number of carbonyl (C=O) groups excluding carboxylic acids is 2. The summed E-state index contributed by atoms with van der Waals surface area (Å²) in [6.45, 7) is 6.19. The van der Waals surface area contributed by atoms with Gasteiger partial charge in [-0.15, -0.1) is 11.3 Å². The van der Waals surface area contributed by atoms with Crippen LogP contribution in [-0.2, 0) is 16.0 Å². The molecule has 0 radical (unpaired) electrons. The third-order valence-electron chi connectivity index (χ3n) is 4.56. The van der Waals surface area contributed by atoms with Crippen LogP contribution in [0.15, 0.2) is 5.38 Å². The third-order valence-corrected chi connectivity index (χ3v) is 5.59. The lowest BCUT2D eigenvalue weighted by molar-refractivity contribution is -0.154. The van der Waals surface area contributed by atoms with E-state index in [9.17, 15) is 9.59 Å². The van der Waals surface area contributed by atoms with Gasteiger partial charge in [-0.05, 0) is 39.5 Å². The Hall–Kier alpha value is -1.43. The number of thiazole rings is 1. The molecule has 2 aliphatic rings. The van der Waals surface area contributed by atoms with Crippen LogP contribution >= 0.6 is 11.3 Å². The monoisotopic (exact) mass is 307 g/mol. The van der Waals surface area contributed by atoms with E-state index in [1.165, 1.54) is 0 Å². The van der Waals surface area contributed by atoms with Crippen molar-refractivity contribution in [2.45, 2.75) is 51.6 Å². The highest BCUT2D eigenvalue weighted by molar-refractivity contribution is 7.09. The number of hydrogen-bond acceptors (Lipinski definition) is 4. The van der Waals surface area contributed by atoms with Crippen molar-refractivity contribution in [1.82, 2.24) is 15.2 Å². The summed E-state index contributed by atoms with van der Waals surface area (Å²) >= 11 is 1.61. The number of carbonyl (C=O) groups is 2. The highest BCUT2D eigenvalue weighted by atomic mass is 32.1. The van der Waals surface area contributed by atoms with Crippen molar-refractivity contribution >= 4 is 23.2 Å². The lowest BCUT2D eigenvalue weighted by Gasteiger charge is -2.43. The molecule has 1 saturated carbocycles. The maximum absolute atomic E-state index is 12.8. The van der Waals surface area contributed by atoms with Crippen LogP contribution in [0.4, 0.5) is 0 Å². The molecule has 1 N–H and O–H groups in total. The molecule has 1 aliphatic carbocycles. The predicted octanol–water partition coefficient (Wildman–Crippen LogP) is 1.51. The van der Waals surface area contributed by atoms with Crippen LogP contribution in [0.5, 0.6) is 0 Å². The minimum Gasteiger partial charge on any atom is -0.340 e. The average molecular weight is 307 g/mol. The largest absolute Gasteiger partial charge is 0.340 e. The maximum Gasteiger partial charge on any atom is 0.249 e. The van der Waals surface area contributed by atoms with Gasteiger partial charge in [-0.3, -0.25) is 9.59 Å². The Morgan fingerprint density at radius 1 is 1.48 bits per heavy atom. The predicted molar refractivity (Wildman–Crippen MR) is 81.0 cm³/mol. The Balaban J connectivity index is 1.74. The van der Waals surface area contributed by atoms with Gasteiger partial charge in [0.05, 0.1) is 5.01 Å². The molecule has 0 bridgehead atoms. The molecule has 1 aromatic rings. The molecule has 2 heterocycles. The standard InChI is InChI=1S/C15H21N3O2S/c1-9-8-21-12(16-9)6-7-18-10(2)13(19)17-15(3,14(18)20)11-4-5-11/h8,10-11H,4-7H2,1-3H3,(H,17,19). The Morgan fingerprint density at radius 2 is 2.19 bits per heavy atom. The highest BCUT2D eigenvalue weighted by Crippen LogP contribution is 2.42. The van der Waals surface area contributed by atoms with E-state index in [1.807, 2.05) is 19.2 Å². The molecule has 2 fully saturated rings. The van der Waals surface area contributed by atoms with Gasteiger partial charge in [-0.2, -0.15) is 0 Å². The number of hydrogen-bond donors (Lipinski definition) is 1. The fourth-order valence-electron chi connectivity index (χ4n) is 3.00. The van der Waals surface area contributed by atoms with E-state index in [4.69, 9.17) is 0 Å². The van der Waals surface area contributed by atoms with E-state index in [0.717, 1.165) is 23.5 Å². The van der Waals surface area contributed by atoms with E-state index in [0.29, 0.717) is 18.9 Å². The van der Waals surface area contributed by atoms with Gasteiger partial charge in [0.1, 0.15) is 11.6 Å². The second kappa shape index (κ2) is 5.09. The smallest absolute Gasteiger partial charge is 0.249 e. The Morgan fingerprint density at radius 3 is 2.76 bits per heavy atom. The molecule has 0 aromatic carbocycles. The molecule has 1 aromatic heterocycles. The first-order chi connectivity index (χ1) is 9.91. The number of rotatable bonds is 4. The van der Waals surface area contributed by atoms with E-state index in [-0.39, 0.29) is 11.8 Å². The molecule has 2 amide bonds. The second-order valence-electron chi connectivity index (χ2n) is 6.27. The molecule has 5 nitrogen and oxygen atoms in total. The Kier molecular flexibility index (Phi) is 3.51. The van der Waals surface area contributed by atoms with Gasteiger partial charge < -0.3 is 10.2 Å². The molecule has 3 rings (SSSR count). The van der Waals surface area contributed by atoms with E-state index in [1.54, 1.807) is 23.2 Å². The van der Waals surface area contributed by atoms with Crippen molar-refractivity contribution in [2.75, 3.05) is 6.54 Å².